The van der Waals surface area contributed by atoms with E-state index in [9.17, 15) is 4.79 Å². The molecule has 1 N–H and O–H groups in total. The minimum absolute atomic E-state index is 0.00971. The number of halogens is 1. The zero-order valence-electron chi connectivity index (χ0n) is 11.3. The van der Waals surface area contributed by atoms with Crippen molar-refractivity contribution in [3.63, 3.8) is 0 Å². The van der Waals surface area contributed by atoms with Crippen molar-refractivity contribution in [1.82, 2.24) is 14.8 Å². The summed E-state index contributed by atoms with van der Waals surface area (Å²) in [5, 5.41) is 11.4. The van der Waals surface area contributed by atoms with E-state index < -0.39 is 0 Å². The predicted molar refractivity (Wildman–Crippen MR) is 78.4 cm³/mol. The van der Waals surface area contributed by atoms with Crippen LogP contribution in [0.15, 0.2) is 29.2 Å². The number of nitrogens with one attached hydrogen (secondary N) is 1. The van der Waals surface area contributed by atoms with E-state index in [-0.39, 0.29) is 5.56 Å². The quantitative estimate of drug-likeness (QED) is 0.941. The van der Waals surface area contributed by atoms with Gasteiger partial charge in [-0.15, -0.1) is 10.2 Å². The number of hydrogen-bond donors (Lipinski definition) is 1. The Morgan fingerprint density at radius 2 is 2.15 bits per heavy atom. The van der Waals surface area contributed by atoms with Crippen LogP contribution >= 0.6 is 11.6 Å². The molecule has 1 aliphatic carbocycles. The summed E-state index contributed by atoms with van der Waals surface area (Å²) in [6.45, 7) is 0. The molecular weight excluding hydrogens is 276 g/mol. The van der Waals surface area contributed by atoms with Gasteiger partial charge in [-0.2, -0.15) is 0 Å². The Bertz CT molecular complexity index is 713. The molecule has 0 aliphatic heterocycles. The van der Waals surface area contributed by atoms with Crippen molar-refractivity contribution in [2.45, 2.75) is 18.3 Å². The van der Waals surface area contributed by atoms with E-state index in [1.54, 1.807) is 17.7 Å². The van der Waals surface area contributed by atoms with Crippen LogP contribution in [0.2, 0.25) is 5.15 Å². The van der Waals surface area contributed by atoms with Crippen molar-refractivity contribution in [2.24, 2.45) is 7.05 Å². The zero-order chi connectivity index (χ0) is 14.3. The predicted octanol–water partition coefficient (Wildman–Crippen LogP) is 2.14. The molecule has 2 heterocycles. The number of nitrogens with zero attached hydrogens (tertiary/aromatic N) is 3. The second-order valence-electron chi connectivity index (χ2n) is 5.08. The second-order valence-corrected chi connectivity index (χ2v) is 5.47. The third-order valence-corrected chi connectivity index (χ3v) is 3.94. The largest absolute Gasteiger partial charge is 0.371 e. The van der Waals surface area contributed by atoms with Crippen LogP contribution in [-0.2, 0) is 7.05 Å². The van der Waals surface area contributed by atoms with Gasteiger partial charge in [0.15, 0.2) is 11.0 Å². The summed E-state index contributed by atoms with van der Waals surface area (Å²) in [5.74, 6) is 1.56. The fourth-order valence-electron chi connectivity index (χ4n) is 2.60. The maximum atomic E-state index is 11.4. The summed E-state index contributed by atoms with van der Waals surface area (Å²) >= 11 is 5.94. The fraction of sp³-hybridized carbons (Fsp3) is 0.357. The highest BCUT2D eigenvalue weighted by atomic mass is 35.5. The summed E-state index contributed by atoms with van der Waals surface area (Å²) < 4.78 is 1.61. The number of aromatic nitrogens is 3. The van der Waals surface area contributed by atoms with Crippen LogP contribution in [-0.4, -0.2) is 21.8 Å². The van der Waals surface area contributed by atoms with Gasteiger partial charge in [0, 0.05) is 31.9 Å². The Labute approximate surface area is 121 Å². The Kier molecular flexibility index (Phi) is 3.22. The molecule has 3 rings (SSSR count). The lowest BCUT2D eigenvalue weighted by atomic mass is 10.1. The highest BCUT2D eigenvalue weighted by molar-refractivity contribution is 6.29. The average Bonchev–Trinajstić information content (AvgIpc) is 3.22. The molecule has 0 saturated heterocycles. The molecule has 20 heavy (non-hydrogen) atoms. The molecule has 1 saturated carbocycles. The van der Waals surface area contributed by atoms with Gasteiger partial charge in [-0.25, -0.2) is 0 Å². The van der Waals surface area contributed by atoms with Crippen LogP contribution in [0.25, 0.3) is 0 Å². The minimum Gasteiger partial charge on any atom is -0.371 e. The van der Waals surface area contributed by atoms with Crippen molar-refractivity contribution < 1.29 is 0 Å². The van der Waals surface area contributed by atoms with E-state index in [2.05, 4.69) is 15.5 Å². The van der Waals surface area contributed by atoms with Crippen LogP contribution in [0, 0.1) is 0 Å². The first-order valence-corrected chi connectivity index (χ1v) is 6.85. The monoisotopic (exact) mass is 290 g/mol. The SMILES string of the molecule is CNc1nnc(Cl)cc1C1CC1c1ccc(=O)n(C)c1. The number of hydrogen-bond acceptors (Lipinski definition) is 4. The molecule has 1 aliphatic rings. The highest BCUT2D eigenvalue weighted by Gasteiger charge is 2.41. The molecule has 5 nitrogen and oxygen atoms in total. The van der Waals surface area contributed by atoms with Crippen LogP contribution in [0.5, 0.6) is 0 Å². The van der Waals surface area contributed by atoms with E-state index in [1.165, 1.54) is 5.56 Å². The molecule has 1 fully saturated rings. The van der Waals surface area contributed by atoms with E-state index in [1.807, 2.05) is 25.4 Å². The van der Waals surface area contributed by atoms with Crippen LogP contribution in [0.1, 0.15) is 29.4 Å². The zero-order valence-corrected chi connectivity index (χ0v) is 12.1. The molecule has 6 heteroatoms. The molecule has 0 aromatic carbocycles. The Morgan fingerprint density at radius 3 is 2.85 bits per heavy atom. The van der Waals surface area contributed by atoms with Gasteiger partial charge in [-0.1, -0.05) is 17.7 Å². The standard InChI is InChI=1S/C14H15ClN4O/c1-16-14-11(6-12(15)17-18-14)10-5-9(10)8-3-4-13(20)19(2)7-8/h3-4,6-7,9-10H,5H2,1-2H3,(H,16,18). The summed E-state index contributed by atoms with van der Waals surface area (Å²) in [4.78, 5) is 11.4. The average molecular weight is 291 g/mol. The summed E-state index contributed by atoms with van der Waals surface area (Å²) in [7, 11) is 3.60. The van der Waals surface area contributed by atoms with Gasteiger partial charge in [0.25, 0.3) is 0 Å². The van der Waals surface area contributed by atoms with Gasteiger partial charge in [0.05, 0.1) is 0 Å². The van der Waals surface area contributed by atoms with Crippen molar-refractivity contribution in [2.75, 3.05) is 12.4 Å². The van der Waals surface area contributed by atoms with Crippen LogP contribution in [0.3, 0.4) is 0 Å². The van der Waals surface area contributed by atoms with Gasteiger partial charge in [0.1, 0.15) is 0 Å². The molecule has 104 valence electrons. The Hall–Kier alpha value is -1.88. The first-order chi connectivity index (χ1) is 9.60. The topological polar surface area (TPSA) is 59.8 Å². The molecular formula is C14H15ClN4O. The van der Waals surface area contributed by atoms with Crippen LogP contribution in [0.4, 0.5) is 5.82 Å². The van der Waals surface area contributed by atoms with E-state index in [0.717, 1.165) is 17.8 Å². The van der Waals surface area contributed by atoms with Gasteiger partial charge in [-0.3, -0.25) is 4.79 Å². The van der Waals surface area contributed by atoms with E-state index in [4.69, 9.17) is 11.6 Å². The van der Waals surface area contributed by atoms with Gasteiger partial charge < -0.3 is 9.88 Å². The second kappa shape index (κ2) is 4.90. The maximum Gasteiger partial charge on any atom is 0.250 e. The summed E-state index contributed by atoms with van der Waals surface area (Å²) in [5.41, 5.74) is 2.27. The van der Waals surface area contributed by atoms with E-state index in [0.29, 0.717) is 17.0 Å². The number of aryl methyl sites for hydroxylation is 1. The lowest BCUT2D eigenvalue weighted by Gasteiger charge is -2.08. The lowest BCUT2D eigenvalue weighted by molar-refractivity contribution is 0.835. The van der Waals surface area contributed by atoms with Gasteiger partial charge in [0.2, 0.25) is 5.56 Å². The maximum absolute atomic E-state index is 11.4. The summed E-state index contributed by atoms with van der Waals surface area (Å²) in [6.07, 6.45) is 2.94. The minimum atomic E-state index is 0.00971. The molecule has 2 atom stereocenters. The van der Waals surface area contributed by atoms with E-state index >= 15 is 0 Å². The Balaban J connectivity index is 1.90. The van der Waals surface area contributed by atoms with Crippen LogP contribution < -0.4 is 10.9 Å². The fourth-order valence-corrected chi connectivity index (χ4v) is 2.76. The van der Waals surface area contributed by atoms with Crippen molar-refractivity contribution in [3.8, 4) is 0 Å². The first kappa shape index (κ1) is 13.1. The lowest BCUT2D eigenvalue weighted by Crippen LogP contribution is -2.14. The molecule has 0 amide bonds. The van der Waals surface area contributed by atoms with Crippen molar-refractivity contribution in [1.29, 1.82) is 0 Å². The van der Waals surface area contributed by atoms with Crippen molar-refractivity contribution >= 4 is 17.4 Å². The molecule has 2 unspecified atom stereocenters. The Morgan fingerprint density at radius 1 is 1.35 bits per heavy atom. The number of anilines is 1. The van der Waals surface area contributed by atoms with Crippen molar-refractivity contribution in [3.05, 3.63) is 51.0 Å². The molecule has 0 radical (unpaired) electrons. The third kappa shape index (κ3) is 2.29. The smallest absolute Gasteiger partial charge is 0.250 e. The molecule has 2 aromatic rings. The number of rotatable bonds is 3. The summed E-state index contributed by atoms with van der Waals surface area (Å²) in [6, 6.07) is 5.39. The molecule has 0 spiro atoms. The normalized spacial score (nSPS) is 20.8. The first-order valence-electron chi connectivity index (χ1n) is 6.47. The molecule has 0 bridgehead atoms. The number of pyridine rings is 1. The van der Waals surface area contributed by atoms with Gasteiger partial charge in [-0.05, 0) is 29.9 Å². The third-order valence-electron chi connectivity index (χ3n) is 3.76. The highest BCUT2D eigenvalue weighted by Crippen LogP contribution is 2.55. The molecule has 2 aromatic heterocycles. The van der Waals surface area contributed by atoms with Gasteiger partial charge >= 0.3 is 0 Å².